The Hall–Kier alpha value is -1.15. The minimum absolute atomic E-state index is 0.0989. The molecule has 0 unspecified atom stereocenters. The number of piperidine rings is 1. The highest BCUT2D eigenvalue weighted by Crippen LogP contribution is 2.20. The van der Waals surface area contributed by atoms with Gasteiger partial charge >= 0.3 is 6.01 Å². The summed E-state index contributed by atoms with van der Waals surface area (Å²) in [5, 5.41) is 3.92. The topological polar surface area (TPSA) is 88.3 Å². The Kier molecular flexibility index (Phi) is 4.10. The molecule has 1 N–H and O–H groups in total. The SMILES string of the molecule is CC(C)c1noc(N2CCC[C@H](NS(C)(=O)=O)C2)n1. The van der Waals surface area contributed by atoms with Crippen LogP contribution in [0, 0.1) is 0 Å². The molecule has 1 fully saturated rings. The summed E-state index contributed by atoms with van der Waals surface area (Å²) in [5.41, 5.74) is 0. The quantitative estimate of drug-likeness (QED) is 0.878. The van der Waals surface area contributed by atoms with E-state index in [0.29, 0.717) is 18.4 Å². The predicted octanol–water partition coefficient (Wildman–Crippen LogP) is 0.711. The molecule has 2 heterocycles. The lowest BCUT2D eigenvalue weighted by Crippen LogP contribution is -2.47. The van der Waals surface area contributed by atoms with Crippen LogP contribution in [0.1, 0.15) is 38.4 Å². The molecule has 2 rings (SSSR count). The van der Waals surface area contributed by atoms with Gasteiger partial charge in [0, 0.05) is 25.0 Å². The fraction of sp³-hybridized carbons (Fsp3) is 0.818. The van der Waals surface area contributed by atoms with Crippen LogP contribution in [0.5, 0.6) is 0 Å². The zero-order chi connectivity index (χ0) is 14.0. The summed E-state index contributed by atoms with van der Waals surface area (Å²) < 4.78 is 30.4. The standard InChI is InChI=1S/C11H20N4O3S/c1-8(2)10-12-11(18-13-10)15-6-4-5-9(7-15)14-19(3,16)17/h8-9,14H,4-7H2,1-3H3/t9-/m0/s1. The lowest BCUT2D eigenvalue weighted by Gasteiger charge is -2.31. The first-order valence-electron chi connectivity index (χ1n) is 6.41. The monoisotopic (exact) mass is 288 g/mol. The molecular weight excluding hydrogens is 268 g/mol. The number of rotatable bonds is 4. The van der Waals surface area contributed by atoms with Crippen LogP contribution in [0.25, 0.3) is 0 Å². The molecule has 0 radical (unpaired) electrons. The molecule has 0 spiro atoms. The molecule has 0 aliphatic carbocycles. The van der Waals surface area contributed by atoms with Crippen molar-refractivity contribution in [3.8, 4) is 0 Å². The average Bonchev–Trinajstić information content (AvgIpc) is 2.76. The number of sulfonamides is 1. The second-order valence-electron chi connectivity index (χ2n) is 5.27. The van der Waals surface area contributed by atoms with Gasteiger partial charge in [-0.1, -0.05) is 19.0 Å². The molecule has 0 bridgehead atoms. The van der Waals surface area contributed by atoms with Crippen LogP contribution >= 0.6 is 0 Å². The molecule has 1 aromatic rings. The Morgan fingerprint density at radius 3 is 2.79 bits per heavy atom. The van der Waals surface area contributed by atoms with Crippen molar-refractivity contribution in [3.05, 3.63) is 5.82 Å². The van der Waals surface area contributed by atoms with Crippen LogP contribution in [0.2, 0.25) is 0 Å². The summed E-state index contributed by atoms with van der Waals surface area (Å²) in [4.78, 5) is 6.27. The molecule has 7 nitrogen and oxygen atoms in total. The van der Waals surface area contributed by atoms with E-state index in [-0.39, 0.29) is 12.0 Å². The minimum atomic E-state index is -3.18. The van der Waals surface area contributed by atoms with Crippen molar-refractivity contribution in [1.82, 2.24) is 14.9 Å². The highest BCUT2D eigenvalue weighted by Gasteiger charge is 2.25. The third kappa shape index (κ3) is 3.90. The van der Waals surface area contributed by atoms with Gasteiger partial charge in [-0.2, -0.15) is 4.98 Å². The van der Waals surface area contributed by atoms with E-state index in [1.165, 1.54) is 6.26 Å². The van der Waals surface area contributed by atoms with E-state index >= 15 is 0 Å². The summed E-state index contributed by atoms with van der Waals surface area (Å²) in [6.45, 7) is 5.37. The van der Waals surface area contributed by atoms with E-state index in [0.717, 1.165) is 19.4 Å². The van der Waals surface area contributed by atoms with Crippen LogP contribution in [0.15, 0.2) is 4.52 Å². The zero-order valence-electron chi connectivity index (χ0n) is 11.5. The predicted molar refractivity (Wildman–Crippen MR) is 71.6 cm³/mol. The van der Waals surface area contributed by atoms with Crippen molar-refractivity contribution < 1.29 is 12.9 Å². The van der Waals surface area contributed by atoms with Crippen molar-refractivity contribution in [2.75, 3.05) is 24.2 Å². The average molecular weight is 288 g/mol. The van der Waals surface area contributed by atoms with Gasteiger partial charge in [0.1, 0.15) is 0 Å². The maximum absolute atomic E-state index is 11.3. The van der Waals surface area contributed by atoms with Gasteiger partial charge in [0.15, 0.2) is 5.82 Å². The van der Waals surface area contributed by atoms with E-state index in [2.05, 4.69) is 14.9 Å². The van der Waals surface area contributed by atoms with Gasteiger partial charge in [0.2, 0.25) is 10.0 Å². The molecular formula is C11H20N4O3S. The molecule has 1 atom stereocenters. The van der Waals surface area contributed by atoms with Gasteiger partial charge in [0.25, 0.3) is 0 Å². The number of hydrogen-bond acceptors (Lipinski definition) is 6. The van der Waals surface area contributed by atoms with Crippen molar-refractivity contribution in [2.24, 2.45) is 0 Å². The molecule has 8 heteroatoms. The number of anilines is 1. The minimum Gasteiger partial charge on any atom is -0.323 e. The third-order valence-corrected chi connectivity index (χ3v) is 3.78. The number of nitrogens with one attached hydrogen (secondary N) is 1. The highest BCUT2D eigenvalue weighted by molar-refractivity contribution is 7.88. The lowest BCUT2D eigenvalue weighted by atomic mass is 10.1. The van der Waals surface area contributed by atoms with Crippen molar-refractivity contribution in [3.63, 3.8) is 0 Å². The summed E-state index contributed by atoms with van der Waals surface area (Å²) in [5.74, 6) is 0.889. The molecule has 0 saturated carbocycles. The summed E-state index contributed by atoms with van der Waals surface area (Å²) in [6.07, 6.45) is 2.90. The van der Waals surface area contributed by atoms with E-state index < -0.39 is 10.0 Å². The molecule has 1 aliphatic rings. The smallest absolute Gasteiger partial charge is 0.323 e. The number of aromatic nitrogens is 2. The van der Waals surface area contributed by atoms with Crippen LogP contribution in [-0.4, -0.2) is 43.9 Å². The molecule has 1 aliphatic heterocycles. The zero-order valence-corrected chi connectivity index (χ0v) is 12.3. The van der Waals surface area contributed by atoms with Gasteiger partial charge in [-0.25, -0.2) is 13.1 Å². The fourth-order valence-corrected chi connectivity index (χ4v) is 2.94. The largest absolute Gasteiger partial charge is 0.324 e. The molecule has 1 saturated heterocycles. The Labute approximate surface area is 113 Å². The van der Waals surface area contributed by atoms with Gasteiger partial charge in [0.05, 0.1) is 6.26 Å². The van der Waals surface area contributed by atoms with Crippen molar-refractivity contribution >= 4 is 16.0 Å². The molecule has 0 amide bonds. The first kappa shape index (κ1) is 14.3. The van der Waals surface area contributed by atoms with Gasteiger partial charge < -0.3 is 9.42 Å². The molecule has 108 valence electrons. The van der Waals surface area contributed by atoms with E-state index in [1.54, 1.807) is 0 Å². The molecule has 19 heavy (non-hydrogen) atoms. The van der Waals surface area contributed by atoms with Crippen LogP contribution in [0.4, 0.5) is 6.01 Å². The maximum Gasteiger partial charge on any atom is 0.324 e. The van der Waals surface area contributed by atoms with Crippen LogP contribution in [0.3, 0.4) is 0 Å². The van der Waals surface area contributed by atoms with Crippen molar-refractivity contribution in [2.45, 2.75) is 38.6 Å². The van der Waals surface area contributed by atoms with Gasteiger partial charge in [-0.15, -0.1) is 0 Å². The molecule has 0 aromatic carbocycles. The summed E-state index contributed by atoms with van der Waals surface area (Å²) in [6, 6.07) is 0.377. The third-order valence-electron chi connectivity index (χ3n) is 3.02. The Balaban J connectivity index is 2.04. The fourth-order valence-electron chi connectivity index (χ4n) is 2.14. The summed E-state index contributed by atoms with van der Waals surface area (Å²) in [7, 11) is -3.18. The first-order valence-corrected chi connectivity index (χ1v) is 8.30. The van der Waals surface area contributed by atoms with E-state index in [9.17, 15) is 8.42 Å². The normalized spacial score (nSPS) is 21.1. The van der Waals surface area contributed by atoms with Gasteiger partial charge in [-0.3, -0.25) is 0 Å². The van der Waals surface area contributed by atoms with E-state index in [1.807, 2.05) is 18.7 Å². The van der Waals surface area contributed by atoms with Crippen molar-refractivity contribution in [1.29, 1.82) is 0 Å². The second-order valence-corrected chi connectivity index (χ2v) is 7.05. The Morgan fingerprint density at radius 1 is 1.47 bits per heavy atom. The first-order chi connectivity index (χ1) is 8.85. The molecule has 1 aromatic heterocycles. The number of nitrogens with zero attached hydrogens (tertiary/aromatic N) is 3. The van der Waals surface area contributed by atoms with Crippen LogP contribution < -0.4 is 9.62 Å². The Morgan fingerprint density at radius 2 is 2.21 bits per heavy atom. The maximum atomic E-state index is 11.3. The Bertz CT molecular complexity index is 526. The van der Waals surface area contributed by atoms with Crippen LogP contribution in [-0.2, 0) is 10.0 Å². The number of hydrogen-bond donors (Lipinski definition) is 1. The summed E-state index contributed by atoms with van der Waals surface area (Å²) >= 11 is 0. The van der Waals surface area contributed by atoms with E-state index in [4.69, 9.17) is 4.52 Å². The lowest BCUT2D eigenvalue weighted by molar-refractivity contribution is 0.381. The highest BCUT2D eigenvalue weighted by atomic mass is 32.2. The van der Waals surface area contributed by atoms with Gasteiger partial charge in [-0.05, 0) is 12.8 Å². The second kappa shape index (κ2) is 5.46.